The lowest BCUT2D eigenvalue weighted by atomic mass is 10.1. The predicted molar refractivity (Wildman–Crippen MR) is 96.1 cm³/mol. The zero-order valence-corrected chi connectivity index (χ0v) is 14.7. The monoisotopic (exact) mass is 345 g/mol. The van der Waals surface area contributed by atoms with Gasteiger partial charge in [0.05, 0.1) is 5.69 Å². The molecule has 1 aliphatic rings. The Morgan fingerprint density at radius 3 is 2.58 bits per heavy atom. The molecule has 3 rings (SSSR count). The van der Waals surface area contributed by atoms with Crippen molar-refractivity contribution in [3.05, 3.63) is 41.4 Å². The topological polar surface area (TPSA) is 56.7 Å². The standard InChI is InChI=1S/C18H23N3O2S/c1-2-16(18(22)23)21-10-8-20(9-11-21)12-15-13-24-17(19-15)14-6-4-3-5-7-14/h3-7,13,16H,2,8-12H2,1H3,(H,22,23). The average molecular weight is 345 g/mol. The molecule has 1 aromatic heterocycles. The summed E-state index contributed by atoms with van der Waals surface area (Å²) in [5.74, 6) is -0.710. The van der Waals surface area contributed by atoms with Gasteiger partial charge in [0.2, 0.25) is 0 Å². The molecule has 1 unspecified atom stereocenters. The van der Waals surface area contributed by atoms with Crippen molar-refractivity contribution < 1.29 is 9.90 Å². The lowest BCUT2D eigenvalue weighted by molar-refractivity contribution is -0.144. The molecule has 2 heterocycles. The van der Waals surface area contributed by atoms with Crippen LogP contribution in [0.25, 0.3) is 10.6 Å². The van der Waals surface area contributed by atoms with Gasteiger partial charge in [-0.3, -0.25) is 14.6 Å². The van der Waals surface area contributed by atoms with Crippen molar-refractivity contribution >= 4 is 17.3 Å². The van der Waals surface area contributed by atoms with Crippen LogP contribution >= 0.6 is 11.3 Å². The maximum Gasteiger partial charge on any atom is 0.320 e. The largest absolute Gasteiger partial charge is 0.480 e. The Balaban J connectivity index is 1.55. The second kappa shape index (κ2) is 7.88. The van der Waals surface area contributed by atoms with Crippen molar-refractivity contribution in [2.45, 2.75) is 25.9 Å². The molecule has 0 spiro atoms. The molecule has 2 aromatic rings. The third-order valence-electron chi connectivity index (χ3n) is 4.48. The molecule has 0 radical (unpaired) electrons. The predicted octanol–water partition coefficient (Wildman–Crippen LogP) is 2.79. The zero-order valence-electron chi connectivity index (χ0n) is 13.9. The van der Waals surface area contributed by atoms with Crippen LogP contribution in [-0.4, -0.2) is 58.1 Å². The number of thiazole rings is 1. The van der Waals surface area contributed by atoms with E-state index in [9.17, 15) is 9.90 Å². The highest BCUT2D eigenvalue weighted by atomic mass is 32.1. The van der Waals surface area contributed by atoms with Crippen LogP contribution in [0.1, 0.15) is 19.0 Å². The van der Waals surface area contributed by atoms with Crippen LogP contribution in [0, 0.1) is 0 Å². The number of aliphatic carboxylic acids is 1. The fourth-order valence-electron chi connectivity index (χ4n) is 3.14. The molecule has 1 atom stereocenters. The van der Waals surface area contributed by atoms with Gasteiger partial charge in [-0.05, 0) is 6.42 Å². The van der Waals surface area contributed by atoms with Crippen molar-refractivity contribution in [2.24, 2.45) is 0 Å². The molecule has 1 N–H and O–H groups in total. The first-order chi connectivity index (χ1) is 11.7. The minimum atomic E-state index is -0.710. The summed E-state index contributed by atoms with van der Waals surface area (Å²) in [4.78, 5) is 20.5. The highest BCUT2D eigenvalue weighted by molar-refractivity contribution is 7.13. The van der Waals surface area contributed by atoms with Crippen molar-refractivity contribution in [3.63, 3.8) is 0 Å². The van der Waals surface area contributed by atoms with Crippen LogP contribution < -0.4 is 0 Å². The Morgan fingerprint density at radius 1 is 1.25 bits per heavy atom. The first-order valence-corrected chi connectivity index (χ1v) is 9.24. The third-order valence-corrected chi connectivity index (χ3v) is 5.42. The van der Waals surface area contributed by atoms with Gasteiger partial charge < -0.3 is 5.11 Å². The summed E-state index contributed by atoms with van der Waals surface area (Å²) in [6.45, 7) is 6.16. The van der Waals surface area contributed by atoms with Crippen molar-refractivity contribution in [2.75, 3.05) is 26.2 Å². The number of nitrogens with zero attached hydrogens (tertiary/aromatic N) is 3. The Labute approximate surface area is 146 Å². The molecule has 1 fully saturated rings. The average Bonchev–Trinajstić information content (AvgIpc) is 3.06. The van der Waals surface area contributed by atoms with E-state index >= 15 is 0 Å². The minimum absolute atomic E-state index is 0.351. The van der Waals surface area contributed by atoms with Gasteiger partial charge in [-0.1, -0.05) is 37.3 Å². The van der Waals surface area contributed by atoms with Crippen LogP contribution in [0.15, 0.2) is 35.7 Å². The number of hydrogen-bond donors (Lipinski definition) is 1. The molecule has 1 aromatic carbocycles. The van der Waals surface area contributed by atoms with Gasteiger partial charge in [0.1, 0.15) is 11.0 Å². The number of hydrogen-bond acceptors (Lipinski definition) is 5. The van der Waals surface area contributed by atoms with E-state index in [-0.39, 0.29) is 6.04 Å². The highest BCUT2D eigenvalue weighted by Crippen LogP contribution is 2.24. The smallest absolute Gasteiger partial charge is 0.320 e. The summed E-state index contributed by atoms with van der Waals surface area (Å²) in [7, 11) is 0. The zero-order chi connectivity index (χ0) is 16.9. The molecule has 0 bridgehead atoms. The van der Waals surface area contributed by atoms with Gasteiger partial charge in [0, 0.05) is 43.7 Å². The Bertz CT molecular complexity index is 666. The first-order valence-electron chi connectivity index (χ1n) is 8.36. The summed E-state index contributed by atoms with van der Waals surface area (Å²) in [5.41, 5.74) is 2.25. The van der Waals surface area contributed by atoms with Gasteiger partial charge in [-0.25, -0.2) is 4.98 Å². The molecule has 1 saturated heterocycles. The van der Waals surface area contributed by atoms with Crippen LogP contribution in [0.5, 0.6) is 0 Å². The number of rotatable bonds is 6. The molecule has 1 aliphatic heterocycles. The Morgan fingerprint density at radius 2 is 1.96 bits per heavy atom. The van der Waals surface area contributed by atoms with E-state index in [4.69, 9.17) is 4.98 Å². The molecular formula is C18H23N3O2S. The summed E-state index contributed by atoms with van der Waals surface area (Å²) in [6.07, 6.45) is 0.655. The quantitative estimate of drug-likeness (QED) is 0.872. The van der Waals surface area contributed by atoms with Gasteiger partial charge >= 0.3 is 5.97 Å². The summed E-state index contributed by atoms with van der Waals surface area (Å²) >= 11 is 1.68. The van der Waals surface area contributed by atoms with E-state index in [2.05, 4.69) is 27.3 Å². The fourth-order valence-corrected chi connectivity index (χ4v) is 3.96. The summed E-state index contributed by atoms with van der Waals surface area (Å²) < 4.78 is 0. The number of carboxylic acids is 1. The van der Waals surface area contributed by atoms with E-state index in [0.717, 1.165) is 49.0 Å². The molecule has 0 aliphatic carbocycles. The van der Waals surface area contributed by atoms with E-state index in [1.54, 1.807) is 11.3 Å². The number of carboxylic acid groups (broad SMARTS) is 1. The molecule has 24 heavy (non-hydrogen) atoms. The second-order valence-electron chi connectivity index (χ2n) is 6.08. The van der Waals surface area contributed by atoms with Crippen LogP contribution in [0.3, 0.4) is 0 Å². The number of piperazine rings is 1. The van der Waals surface area contributed by atoms with Crippen LogP contribution in [-0.2, 0) is 11.3 Å². The molecule has 5 nitrogen and oxygen atoms in total. The van der Waals surface area contributed by atoms with Gasteiger partial charge in [0.15, 0.2) is 0 Å². The maximum atomic E-state index is 11.3. The van der Waals surface area contributed by atoms with E-state index in [1.807, 2.05) is 25.1 Å². The lowest BCUT2D eigenvalue weighted by Gasteiger charge is -2.37. The molecule has 0 amide bonds. The van der Waals surface area contributed by atoms with E-state index in [1.165, 1.54) is 0 Å². The van der Waals surface area contributed by atoms with Crippen LogP contribution in [0.2, 0.25) is 0 Å². The Kier molecular flexibility index (Phi) is 5.60. The van der Waals surface area contributed by atoms with Gasteiger partial charge in [-0.2, -0.15) is 0 Å². The third kappa shape index (κ3) is 4.01. The SMILES string of the molecule is CCC(C(=O)O)N1CCN(Cc2csc(-c3ccccc3)n2)CC1. The number of aromatic nitrogens is 1. The van der Waals surface area contributed by atoms with E-state index in [0.29, 0.717) is 6.42 Å². The summed E-state index contributed by atoms with van der Waals surface area (Å²) in [6, 6.07) is 9.88. The molecule has 0 saturated carbocycles. The normalized spacial score (nSPS) is 17.7. The molecule has 6 heteroatoms. The maximum absolute atomic E-state index is 11.3. The minimum Gasteiger partial charge on any atom is -0.480 e. The van der Waals surface area contributed by atoms with E-state index < -0.39 is 5.97 Å². The van der Waals surface area contributed by atoms with Crippen molar-refractivity contribution in [3.8, 4) is 10.6 Å². The van der Waals surface area contributed by atoms with Crippen molar-refractivity contribution in [1.29, 1.82) is 0 Å². The molecule has 128 valence electrons. The van der Waals surface area contributed by atoms with Crippen LogP contribution in [0.4, 0.5) is 0 Å². The second-order valence-corrected chi connectivity index (χ2v) is 6.94. The Hall–Kier alpha value is -1.76. The number of carbonyl (C=O) groups is 1. The van der Waals surface area contributed by atoms with Gasteiger partial charge in [-0.15, -0.1) is 11.3 Å². The highest BCUT2D eigenvalue weighted by Gasteiger charge is 2.27. The molecular weight excluding hydrogens is 322 g/mol. The fraction of sp³-hybridized carbons (Fsp3) is 0.444. The lowest BCUT2D eigenvalue weighted by Crippen LogP contribution is -2.52. The number of benzene rings is 1. The summed E-state index contributed by atoms with van der Waals surface area (Å²) in [5, 5.41) is 12.5. The van der Waals surface area contributed by atoms with Gasteiger partial charge in [0.25, 0.3) is 0 Å². The van der Waals surface area contributed by atoms with Crippen molar-refractivity contribution in [1.82, 2.24) is 14.8 Å². The first kappa shape index (κ1) is 17.1.